The third kappa shape index (κ3) is 3.69. The topological polar surface area (TPSA) is 69.6 Å². The second-order valence-electron chi connectivity index (χ2n) is 6.10. The first-order valence-corrected chi connectivity index (χ1v) is 7.19. The van der Waals surface area contributed by atoms with Gasteiger partial charge in [-0.05, 0) is 25.7 Å². The average molecular weight is 268 g/mol. The van der Waals surface area contributed by atoms with Gasteiger partial charge in [-0.2, -0.15) is 0 Å². The molecule has 19 heavy (non-hydrogen) atoms. The zero-order valence-corrected chi connectivity index (χ0v) is 11.7. The smallest absolute Gasteiger partial charge is 0.223 e. The molecule has 2 aliphatic rings. The minimum absolute atomic E-state index is 0.0155. The summed E-state index contributed by atoms with van der Waals surface area (Å²) in [7, 11) is 1.77. The maximum Gasteiger partial charge on any atom is 0.223 e. The molecule has 1 saturated heterocycles. The minimum Gasteiger partial charge on any atom is -0.396 e. The van der Waals surface area contributed by atoms with Crippen molar-refractivity contribution in [3.8, 4) is 0 Å². The van der Waals surface area contributed by atoms with Gasteiger partial charge in [-0.15, -0.1) is 0 Å². The Morgan fingerprint density at radius 2 is 2.21 bits per heavy atom. The van der Waals surface area contributed by atoms with E-state index in [0.717, 1.165) is 38.6 Å². The molecule has 5 heteroatoms. The minimum atomic E-state index is -0.179. The summed E-state index contributed by atoms with van der Waals surface area (Å²) >= 11 is 0. The third-order valence-electron chi connectivity index (χ3n) is 4.36. The summed E-state index contributed by atoms with van der Waals surface area (Å²) in [5, 5.41) is 12.1. The van der Waals surface area contributed by atoms with Gasteiger partial charge in [0.2, 0.25) is 11.8 Å². The highest BCUT2D eigenvalue weighted by Crippen LogP contribution is 2.45. The van der Waals surface area contributed by atoms with E-state index in [1.807, 2.05) is 0 Å². The van der Waals surface area contributed by atoms with Crippen molar-refractivity contribution in [3.05, 3.63) is 0 Å². The number of carbonyl (C=O) groups excluding carboxylic acids is 2. The Morgan fingerprint density at radius 3 is 2.84 bits per heavy atom. The molecule has 0 aromatic carbocycles. The normalized spacial score (nSPS) is 25.4. The molecule has 1 saturated carbocycles. The van der Waals surface area contributed by atoms with Gasteiger partial charge in [-0.3, -0.25) is 9.59 Å². The molecule has 2 N–H and O–H groups in total. The van der Waals surface area contributed by atoms with Gasteiger partial charge in [0.1, 0.15) is 0 Å². The van der Waals surface area contributed by atoms with Crippen molar-refractivity contribution >= 4 is 11.8 Å². The Hall–Kier alpha value is -1.10. The molecule has 5 nitrogen and oxygen atoms in total. The molecule has 1 aliphatic carbocycles. The molecule has 0 spiro atoms. The summed E-state index contributed by atoms with van der Waals surface area (Å²) in [4.78, 5) is 25.6. The Bertz CT molecular complexity index is 353. The molecule has 1 atom stereocenters. The molecule has 108 valence electrons. The van der Waals surface area contributed by atoms with Crippen molar-refractivity contribution in [1.82, 2.24) is 10.2 Å². The summed E-state index contributed by atoms with van der Waals surface area (Å²) in [5.41, 5.74) is -0.0594. The number of amides is 2. The van der Waals surface area contributed by atoms with Gasteiger partial charge in [-0.25, -0.2) is 0 Å². The lowest BCUT2D eigenvalue weighted by Crippen LogP contribution is -2.37. The Kier molecular flexibility index (Phi) is 4.45. The van der Waals surface area contributed by atoms with E-state index in [-0.39, 0.29) is 29.8 Å². The molecule has 2 rings (SSSR count). The summed E-state index contributed by atoms with van der Waals surface area (Å²) < 4.78 is 0. The molecule has 2 fully saturated rings. The number of aliphatic hydroxyl groups is 1. The molecule has 0 aromatic rings. The number of hydrogen-bond donors (Lipinski definition) is 2. The van der Waals surface area contributed by atoms with Crippen LogP contribution < -0.4 is 5.32 Å². The van der Waals surface area contributed by atoms with Gasteiger partial charge in [0.15, 0.2) is 0 Å². The van der Waals surface area contributed by atoms with E-state index in [2.05, 4.69) is 5.32 Å². The second-order valence-corrected chi connectivity index (χ2v) is 6.10. The number of rotatable bonds is 5. The first-order chi connectivity index (χ1) is 9.06. The van der Waals surface area contributed by atoms with Crippen LogP contribution >= 0.6 is 0 Å². The van der Waals surface area contributed by atoms with Crippen LogP contribution in [0.1, 0.15) is 38.5 Å². The molecule has 0 radical (unpaired) electrons. The van der Waals surface area contributed by atoms with Crippen LogP contribution in [0, 0.1) is 11.3 Å². The molecular weight excluding hydrogens is 244 g/mol. The van der Waals surface area contributed by atoms with Crippen LogP contribution in [0.5, 0.6) is 0 Å². The van der Waals surface area contributed by atoms with E-state index < -0.39 is 0 Å². The highest BCUT2D eigenvalue weighted by atomic mass is 16.3. The van der Waals surface area contributed by atoms with Crippen molar-refractivity contribution in [1.29, 1.82) is 0 Å². The predicted octanol–water partition coefficient (Wildman–Crippen LogP) is 0.524. The van der Waals surface area contributed by atoms with Crippen molar-refractivity contribution in [2.75, 3.05) is 26.7 Å². The lowest BCUT2D eigenvalue weighted by molar-refractivity contribution is -0.136. The zero-order chi connectivity index (χ0) is 13.9. The van der Waals surface area contributed by atoms with Crippen LogP contribution in [-0.4, -0.2) is 48.6 Å². The number of carbonyl (C=O) groups is 2. The van der Waals surface area contributed by atoms with Crippen LogP contribution in [0.4, 0.5) is 0 Å². The van der Waals surface area contributed by atoms with Crippen LogP contribution in [0.15, 0.2) is 0 Å². The number of nitrogens with zero attached hydrogens (tertiary/aromatic N) is 1. The van der Waals surface area contributed by atoms with Gasteiger partial charge in [0.05, 0.1) is 6.61 Å². The second kappa shape index (κ2) is 5.90. The van der Waals surface area contributed by atoms with Crippen LogP contribution in [0.25, 0.3) is 0 Å². The summed E-state index contributed by atoms with van der Waals surface area (Å²) in [5.74, 6) is -0.147. The fourth-order valence-electron chi connectivity index (χ4n) is 2.70. The first-order valence-electron chi connectivity index (χ1n) is 7.19. The molecule has 1 unspecified atom stereocenters. The van der Waals surface area contributed by atoms with Crippen molar-refractivity contribution < 1.29 is 14.7 Å². The van der Waals surface area contributed by atoms with E-state index in [9.17, 15) is 14.7 Å². The quantitative estimate of drug-likeness (QED) is 0.764. The van der Waals surface area contributed by atoms with Crippen molar-refractivity contribution in [2.45, 2.75) is 38.5 Å². The molecule has 2 amide bonds. The highest BCUT2D eigenvalue weighted by molar-refractivity contribution is 5.85. The zero-order valence-electron chi connectivity index (χ0n) is 11.7. The number of hydrogen-bond acceptors (Lipinski definition) is 3. The van der Waals surface area contributed by atoms with Crippen LogP contribution in [0.2, 0.25) is 0 Å². The standard InChI is InChI=1S/C14H24N2O3/c1-16(9-14(10-17)5-6-14)12(18)8-11-4-2-3-7-15-13(11)19/h11,17H,2-10H2,1H3,(H,15,19). The number of aliphatic hydroxyl groups excluding tert-OH is 1. The maximum atomic E-state index is 12.2. The predicted molar refractivity (Wildman–Crippen MR) is 71.4 cm³/mol. The SMILES string of the molecule is CN(CC1(CO)CC1)C(=O)CC1CCCCNC1=O. The maximum absolute atomic E-state index is 12.2. The lowest BCUT2D eigenvalue weighted by Gasteiger charge is -2.24. The Balaban J connectivity index is 1.83. The van der Waals surface area contributed by atoms with Crippen molar-refractivity contribution in [2.24, 2.45) is 11.3 Å². The lowest BCUT2D eigenvalue weighted by atomic mass is 9.98. The molecule has 1 aliphatic heterocycles. The molecule has 1 heterocycles. The fourth-order valence-corrected chi connectivity index (χ4v) is 2.70. The van der Waals surface area contributed by atoms with Crippen LogP contribution in [0.3, 0.4) is 0 Å². The molecular formula is C14H24N2O3. The van der Waals surface area contributed by atoms with E-state index in [0.29, 0.717) is 13.0 Å². The van der Waals surface area contributed by atoms with E-state index in [4.69, 9.17) is 0 Å². The van der Waals surface area contributed by atoms with Gasteiger partial charge in [-0.1, -0.05) is 6.42 Å². The summed E-state index contributed by atoms with van der Waals surface area (Å²) in [6, 6.07) is 0. The molecule has 0 aromatic heterocycles. The summed E-state index contributed by atoms with van der Waals surface area (Å²) in [6.07, 6.45) is 5.08. The molecule has 0 bridgehead atoms. The Labute approximate surface area is 114 Å². The van der Waals surface area contributed by atoms with E-state index in [1.54, 1.807) is 11.9 Å². The highest BCUT2D eigenvalue weighted by Gasteiger charge is 2.43. The van der Waals surface area contributed by atoms with Crippen molar-refractivity contribution in [3.63, 3.8) is 0 Å². The van der Waals surface area contributed by atoms with Crippen LogP contribution in [-0.2, 0) is 9.59 Å². The van der Waals surface area contributed by atoms with Gasteiger partial charge < -0.3 is 15.3 Å². The third-order valence-corrected chi connectivity index (χ3v) is 4.36. The first kappa shape index (κ1) is 14.3. The van der Waals surface area contributed by atoms with E-state index >= 15 is 0 Å². The monoisotopic (exact) mass is 268 g/mol. The van der Waals surface area contributed by atoms with Gasteiger partial charge >= 0.3 is 0 Å². The Morgan fingerprint density at radius 1 is 1.47 bits per heavy atom. The van der Waals surface area contributed by atoms with E-state index in [1.165, 1.54) is 0 Å². The van der Waals surface area contributed by atoms with Gasteiger partial charge in [0.25, 0.3) is 0 Å². The van der Waals surface area contributed by atoms with Gasteiger partial charge in [0, 0.05) is 37.9 Å². The largest absolute Gasteiger partial charge is 0.396 e. The average Bonchev–Trinajstić information content (AvgIpc) is 3.17. The fraction of sp³-hybridized carbons (Fsp3) is 0.857. The number of nitrogens with one attached hydrogen (secondary N) is 1. The summed E-state index contributed by atoms with van der Waals surface area (Å²) in [6.45, 7) is 1.48.